The van der Waals surface area contributed by atoms with E-state index in [0.29, 0.717) is 18.7 Å². The predicted molar refractivity (Wildman–Crippen MR) is 83.5 cm³/mol. The van der Waals surface area contributed by atoms with E-state index in [4.69, 9.17) is 16.3 Å². The topological polar surface area (TPSA) is 59.5 Å². The maximum atomic E-state index is 12.5. The standard InChI is InChI=1S/C15H15ClN2O3S/c1-18-8-7-12-15(22(18,19)20)13(9-14(16)17-12)21-10-11-5-3-2-4-6-11/h2-6,9H,7-8,10H2,1H3. The maximum Gasteiger partial charge on any atom is 0.248 e. The third-order valence-electron chi connectivity index (χ3n) is 3.55. The summed E-state index contributed by atoms with van der Waals surface area (Å²) in [5.41, 5.74) is 1.42. The Kier molecular flexibility index (Phi) is 4.08. The van der Waals surface area contributed by atoms with Crippen LogP contribution in [0.1, 0.15) is 11.3 Å². The molecule has 0 amide bonds. The van der Waals surface area contributed by atoms with Crippen LogP contribution >= 0.6 is 11.6 Å². The fourth-order valence-electron chi connectivity index (χ4n) is 2.36. The van der Waals surface area contributed by atoms with Gasteiger partial charge >= 0.3 is 0 Å². The van der Waals surface area contributed by atoms with Crippen LogP contribution in [0.15, 0.2) is 41.3 Å². The number of likely N-dealkylation sites (N-methyl/N-ethyl adjacent to an activating group) is 1. The Morgan fingerprint density at radius 2 is 2.05 bits per heavy atom. The number of hydrogen-bond acceptors (Lipinski definition) is 4. The second-order valence-electron chi connectivity index (χ2n) is 5.07. The molecule has 0 atom stereocenters. The fraction of sp³-hybridized carbons (Fsp3) is 0.267. The first-order valence-electron chi connectivity index (χ1n) is 6.81. The van der Waals surface area contributed by atoms with Crippen molar-refractivity contribution < 1.29 is 13.2 Å². The fourth-order valence-corrected chi connectivity index (χ4v) is 4.02. The minimum atomic E-state index is -3.59. The van der Waals surface area contributed by atoms with Crippen LogP contribution in [0.5, 0.6) is 5.75 Å². The van der Waals surface area contributed by atoms with Gasteiger partial charge in [0.1, 0.15) is 22.4 Å². The quantitative estimate of drug-likeness (QED) is 0.807. The second-order valence-corrected chi connectivity index (χ2v) is 7.44. The molecular formula is C15H15ClN2O3S. The molecule has 7 heteroatoms. The molecule has 2 aromatic rings. The number of hydrogen-bond donors (Lipinski definition) is 0. The maximum absolute atomic E-state index is 12.5. The summed E-state index contributed by atoms with van der Waals surface area (Å²) in [5, 5.41) is 0.238. The summed E-state index contributed by atoms with van der Waals surface area (Å²) >= 11 is 5.99. The molecule has 0 saturated heterocycles. The number of benzene rings is 1. The molecule has 0 unspecified atom stereocenters. The Morgan fingerprint density at radius 3 is 2.77 bits per heavy atom. The van der Waals surface area contributed by atoms with Crippen LogP contribution in [-0.4, -0.2) is 31.3 Å². The molecule has 3 rings (SSSR count). The summed E-state index contributed by atoms with van der Waals surface area (Å²) in [6.07, 6.45) is 0.521. The van der Waals surface area contributed by atoms with Gasteiger partial charge in [-0.05, 0) is 5.56 Å². The molecule has 1 aromatic carbocycles. The molecule has 0 radical (unpaired) electrons. The van der Waals surface area contributed by atoms with Crippen molar-refractivity contribution in [2.45, 2.75) is 17.9 Å². The van der Waals surface area contributed by atoms with Gasteiger partial charge in [0, 0.05) is 26.1 Å². The van der Waals surface area contributed by atoms with Crippen LogP contribution in [0.3, 0.4) is 0 Å². The van der Waals surface area contributed by atoms with Crippen molar-refractivity contribution >= 4 is 21.6 Å². The number of aromatic nitrogens is 1. The molecule has 0 fully saturated rings. The zero-order chi connectivity index (χ0) is 15.7. The number of ether oxygens (including phenoxy) is 1. The predicted octanol–water partition coefficient (Wildman–Crippen LogP) is 2.49. The summed E-state index contributed by atoms with van der Waals surface area (Å²) in [4.78, 5) is 4.27. The molecule has 0 bridgehead atoms. The number of pyridine rings is 1. The van der Waals surface area contributed by atoms with Crippen molar-refractivity contribution in [2.75, 3.05) is 13.6 Å². The largest absolute Gasteiger partial charge is 0.487 e. The number of halogens is 1. The van der Waals surface area contributed by atoms with E-state index in [1.165, 1.54) is 10.4 Å². The van der Waals surface area contributed by atoms with Crippen molar-refractivity contribution in [3.05, 3.63) is 52.8 Å². The lowest BCUT2D eigenvalue weighted by atomic mass is 10.2. The van der Waals surface area contributed by atoms with Gasteiger partial charge in [-0.2, -0.15) is 0 Å². The van der Waals surface area contributed by atoms with Crippen LogP contribution in [0.4, 0.5) is 0 Å². The van der Waals surface area contributed by atoms with E-state index in [1.54, 1.807) is 7.05 Å². The Morgan fingerprint density at radius 1 is 1.32 bits per heavy atom. The summed E-state index contributed by atoms with van der Waals surface area (Å²) in [5.74, 6) is 0.255. The highest BCUT2D eigenvalue weighted by molar-refractivity contribution is 7.89. The molecule has 0 saturated carbocycles. The summed E-state index contributed by atoms with van der Waals surface area (Å²) < 4.78 is 32.1. The van der Waals surface area contributed by atoms with E-state index in [0.717, 1.165) is 5.56 Å². The van der Waals surface area contributed by atoms with E-state index in [-0.39, 0.29) is 22.4 Å². The van der Waals surface area contributed by atoms with E-state index in [9.17, 15) is 8.42 Å². The van der Waals surface area contributed by atoms with Crippen LogP contribution < -0.4 is 4.74 Å². The molecule has 1 aliphatic heterocycles. The normalized spacial score (nSPS) is 17.0. The van der Waals surface area contributed by atoms with Gasteiger partial charge in [0.05, 0.1) is 5.69 Å². The van der Waals surface area contributed by atoms with Gasteiger partial charge in [-0.3, -0.25) is 0 Å². The minimum absolute atomic E-state index is 0.126. The molecule has 0 aliphatic carbocycles. The lowest BCUT2D eigenvalue weighted by Gasteiger charge is -2.26. The Hall–Kier alpha value is -1.63. The molecular weight excluding hydrogens is 324 g/mol. The monoisotopic (exact) mass is 338 g/mol. The first-order valence-corrected chi connectivity index (χ1v) is 8.63. The van der Waals surface area contributed by atoms with Crippen molar-refractivity contribution in [1.82, 2.24) is 9.29 Å². The van der Waals surface area contributed by atoms with E-state index >= 15 is 0 Å². The lowest BCUT2D eigenvalue weighted by Crippen LogP contribution is -2.35. The van der Waals surface area contributed by atoms with Gasteiger partial charge < -0.3 is 4.74 Å². The molecule has 0 N–H and O–H groups in total. The third-order valence-corrected chi connectivity index (χ3v) is 5.70. The van der Waals surface area contributed by atoms with Crippen LogP contribution in [-0.2, 0) is 23.1 Å². The minimum Gasteiger partial charge on any atom is -0.487 e. The molecule has 2 heterocycles. The van der Waals surface area contributed by atoms with Crippen molar-refractivity contribution in [1.29, 1.82) is 0 Å². The first-order chi connectivity index (χ1) is 10.5. The van der Waals surface area contributed by atoms with Crippen molar-refractivity contribution in [3.8, 4) is 5.75 Å². The van der Waals surface area contributed by atoms with Gasteiger partial charge in [-0.1, -0.05) is 41.9 Å². The number of rotatable bonds is 3. The Balaban J connectivity index is 1.99. The van der Waals surface area contributed by atoms with Gasteiger partial charge in [0.15, 0.2) is 0 Å². The first kappa shape index (κ1) is 15.3. The average molecular weight is 339 g/mol. The molecule has 5 nitrogen and oxygen atoms in total. The smallest absolute Gasteiger partial charge is 0.248 e. The average Bonchev–Trinajstić information content (AvgIpc) is 2.49. The van der Waals surface area contributed by atoms with Gasteiger partial charge in [-0.25, -0.2) is 17.7 Å². The molecule has 1 aliphatic rings. The van der Waals surface area contributed by atoms with Crippen LogP contribution in [0.2, 0.25) is 5.15 Å². The van der Waals surface area contributed by atoms with Gasteiger partial charge in [0.25, 0.3) is 0 Å². The highest BCUT2D eigenvalue weighted by Crippen LogP contribution is 2.34. The SMILES string of the molecule is CN1CCc2nc(Cl)cc(OCc3ccccc3)c2S1(=O)=O. The van der Waals surface area contributed by atoms with E-state index < -0.39 is 10.0 Å². The molecule has 22 heavy (non-hydrogen) atoms. The Labute approximate surface area is 134 Å². The highest BCUT2D eigenvalue weighted by atomic mass is 35.5. The third kappa shape index (κ3) is 2.82. The second kappa shape index (κ2) is 5.87. The zero-order valence-corrected chi connectivity index (χ0v) is 13.6. The van der Waals surface area contributed by atoms with E-state index in [1.807, 2.05) is 30.3 Å². The summed E-state index contributed by atoms with van der Waals surface area (Å²) in [6, 6.07) is 11.0. The molecule has 0 spiro atoms. The zero-order valence-electron chi connectivity index (χ0n) is 12.0. The summed E-state index contributed by atoms with van der Waals surface area (Å²) in [7, 11) is -2.04. The molecule has 116 valence electrons. The number of fused-ring (bicyclic) bond motifs is 1. The van der Waals surface area contributed by atoms with Crippen molar-refractivity contribution in [2.24, 2.45) is 0 Å². The van der Waals surface area contributed by atoms with Gasteiger partial charge in [0.2, 0.25) is 10.0 Å². The van der Waals surface area contributed by atoms with Crippen LogP contribution in [0.25, 0.3) is 0 Å². The van der Waals surface area contributed by atoms with Gasteiger partial charge in [-0.15, -0.1) is 0 Å². The summed E-state index contributed by atoms with van der Waals surface area (Å²) in [6.45, 7) is 0.660. The van der Waals surface area contributed by atoms with E-state index in [2.05, 4.69) is 4.98 Å². The number of sulfonamides is 1. The van der Waals surface area contributed by atoms with Crippen LogP contribution in [0, 0.1) is 0 Å². The Bertz CT molecular complexity index is 794. The highest BCUT2D eigenvalue weighted by Gasteiger charge is 2.33. The molecule has 1 aromatic heterocycles. The lowest BCUT2D eigenvalue weighted by molar-refractivity contribution is 0.294. The van der Waals surface area contributed by atoms with Crippen molar-refractivity contribution in [3.63, 3.8) is 0 Å². The number of nitrogens with zero attached hydrogens (tertiary/aromatic N) is 2.